The zero-order valence-electron chi connectivity index (χ0n) is 9.83. The van der Waals surface area contributed by atoms with E-state index >= 15 is 0 Å². The van der Waals surface area contributed by atoms with Crippen molar-refractivity contribution in [2.45, 2.75) is 19.1 Å². The Morgan fingerprint density at radius 2 is 2.05 bits per heavy atom. The van der Waals surface area contributed by atoms with Crippen molar-refractivity contribution in [2.24, 2.45) is 5.73 Å². The summed E-state index contributed by atoms with van der Waals surface area (Å²) in [6.45, 7) is 1.44. The minimum absolute atomic E-state index is 0. The van der Waals surface area contributed by atoms with Gasteiger partial charge in [-0.25, -0.2) is 18.0 Å². The fourth-order valence-electron chi connectivity index (χ4n) is 1.36. The van der Waals surface area contributed by atoms with Gasteiger partial charge in [0.05, 0.1) is 17.1 Å². The maximum Gasteiger partial charge on any atom is 0.342 e. The van der Waals surface area contributed by atoms with E-state index in [-0.39, 0.29) is 23.5 Å². The zero-order valence-corrected chi connectivity index (χ0v) is 12.2. The Kier molecular flexibility index (Phi) is 7.39. The highest BCUT2D eigenvalue weighted by atomic mass is 79.9. The lowest BCUT2D eigenvalue weighted by Gasteiger charge is -2.17. The molecule has 2 N–H and O–H groups in total. The summed E-state index contributed by atoms with van der Waals surface area (Å²) in [6.07, 6.45) is -2.33. The number of carbonyl (C=O) groups excluding carboxylic acids is 1. The fourth-order valence-corrected chi connectivity index (χ4v) is 1.71. The number of hydrogen-bond donors (Lipinski definition) is 1. The van der Waals surface area contributed by atoms with Crippen LogP contribution in [0, 0.1) is 11.6 Å². The lowest BCUT2D eigenvalue weighted by Crippen LogP contribution is -2.33. The van der Waals surface area contributed by atoms with E-state index < -0.39 is 35.4 Å². The molecule has 0 aliphatic carbocycles. The van der Waals surface area contributed by atoms with Gasteiger partial charge in [-0.15, -0.1) is 12.4 Å². The van der Waals surface area contributed by atoms with Crippen molar-refractivity contribution in [3.8, 4) is 0 Å². The van der Waals surface area contributed by atoms with Gasteiger partial charge in [-0.05, 0) is 35.0 Å². The maximum absolute atomic E-state index is 13.6. The summed E-state index contributed by atoms with van der Waals surface area (Å²) < 4.78 is 45.0. The summed E-state index contributed by atoms with van der Waals surface area (Å²) >= 11 is 2.83. The van der Waals surface area contributed by atoms with Crippen LogP contribution in [-0.4, -0.2) is 18.7 Å². The van der Waals surface area contributed by atoms with Gasteiger partial charge >= 0.3 is 5.97 Å². The Labute approximate surface area is 122 Å². The first-order valence-electron chi connectivity index (χ1n) is 5.09. The maximum atomic E-state index is 13.6. The van der Waals surface area contributed by atoms with Gasteiger partial charge in [0.25, 0.3) is 0 Å². The first kappa shape index (κ1) is 18.2. The molecule has 0 saturated heterocycles. The van der Waals surface area contributed by atoms with Gasteiger partial charge in [0.2, 0.25) is 6.17 Å². The van der Waals surface area contributed by atoms with Crippen molar-refractivity contribution in [1.82, 2.24) is 0 Å². The molecule has 0 aliphatic rings. The predicted molar refractivity (Wildman–Crippen MR) is 69.8 cm³/mol. The van der Waals surface area contributed by atoms with Crippen molar-refractivity contribution in [3.05, 3.63) is 33.8 Å². The first-order chi connectivity index (χ1) is 8.40. The average Bonchev–Trinajstić information content (AvgIpc) is 2.33. The second kappa shape index (κ2) is 7.72. The predicted octanol–water partition coefficient (Wildman–Crippen LogP) is 3.05. The monoisotopic (exact) mass is 361 g/mol. The van der Waals surface area contributed by atoms with Gasteiger partial charge in [-0.1, -0.05) is 0 Å². The lowest BCUT2D eigenvalue weighted by molar-refractivity contribution is -0.150. The Morgan fingerprint density at radius 3 is 2.58 bits per heavy atom. The van der Waals surface area contributed by atoms with Crippen molar-refractivity contribution < 1.29 is 22.7 Å². The SMILES string of the molecule is CCOC(=O)C(F)[C@H](N)c1c(F)ccc(Br)c1F.Cl. The van der Waals surface area contributed by atoms with Gasteiger partial charge in [-0.2, -0.15) is 0 Å². The highest BCUT2D eigenvalue weighted by Crippen LogP contribution is 2.28. The molecule has 1 aromatic rings. The van der Waals surface area contributed by atoms with Crippen LogP contribution in [0.25, 0.3) is 0 Å². The third kappa shape index (κ3) is 4.09. The molecule has 0 aromatic heterocycles. The minimum atomic E-state index is -2.33. The largest absolute Gasteiger partial charge is 0.464 e. The molecule has 0 amide bonds. The number of esters is 1. The second-order valence-electron chi connectivity index (χ2n) is 3.44. The normalized spacial score (nSPS) is 13.4. The smallest absolute Gasteiger partial charge is 0.342 e. The van der Waals surface area contributed by atoms with Gasteiger partial charge in [0, 0.05) is 5.56 Å². The van der Waals surface area contributed by atoms with Crippen LogP contribution in [0.4, 0.5) is 13.2 Å². The number of nitrogens with two attached hydrogens (primary N) is 1. The topological polar surface area (TPSA) is 52.3 Å². The van der Waals surface area contributed by atoms with E-state index in [1.54, 1.807) is 0 Å². The average molecular weight is 363 g/mol. The molecule has 0 bridgehead atoms. The van der Waals surface area contributed by atoms with E-state index in [2.05, 4.69) is 20.7 Å². The van der Waals surface area contributed by atoms with Crippen molar-refractivity contribution in [2.75, 3.05) is 6.61 Å². The van der Waals surface area contributed by atoms with Crippen LogP contribution in [0.2, 0.25) is 0 Å². The van der Waals surface area contributed by atoms with E-state index in [0.717, 1.165) is 12.1 Å². The molecule has 2 atom stereocenters. The summed E-state index contributed by atoms with van der Waals surface area (Å²) in [7, 11) is 0. The van der Waals surface area contributed by atoms with Crippen molar-refractivity contribution >= 4 is 34.3 Å². The van der Waals surface area contributed by atoms with Crippen LogP contribution >= 0.6 is 28.3 Å². The summed E-state index contributed by atoms with van der Waals surface area (Å²) in [6, 6.07) is 0.292. The van der Waals surface area contributed by atoms with Gasteiger partial charge in [0.1, 0.15) is 11.6 Å². The number of rotatable bonds is 4. The van der Waals surface area contributed by atoms with E-state index in [1.165, 1.54) is 6.92 Å². The Balaban J connectivity index is 0.00000324. The molecule has 1 rings (SSSR count). The van der Waals surface area contributed by atoms with Crippen LogP contribution in [0.5, 0.6) is 0 Å². The molecule has 1 unspecified atom stereocenters. The molecule has 0 spiro atoms. The third-order valence-corrected chi connectivity index (χ3v) is 2.85. The molecular formula is C11H12BrClF3NO2. The molecule has 0 fully saturated rings. The van der Waals surface area contributed by atoms with Crippen molar-refractivity contribution in [3.63, 3.8) is 0 Å². The van der Waals surface area contributed by atoms with Gasteiger partial charge < -0.3 is 10.5 Å². The fraction of sp³-hybridized carbons (Fsp3) is 0.364. The Hall–Kier alpha value is -0.790. The van der Waals surface area contributed by atoms with E-state index in [9.17, 15) is 18.0 Å². The number of carbonyl (C=O) groups is 1. The first-order valence-corrected chi connectivity index (χ1v) is 5.89. The highest BCUT2D eigenvalue weighted by Gasteiger charge is 2.32. The molecule has 0 aliphatic heterocycles. The molecule has 8 heteroatoms. The van der Waals surface area contributed by atoms with Crippen molar-refractivity contribution in [1.29, 1.82) is 0 Å². The summed E-state index contributed by atoms with van der Waals surface area (Å²) in [5, 5.41) is 0. The summed E-state index contributed by atoms with van der Waals surface area (Å²) in [5.41, 5.74) is 4.67. The van der Waals surface area contributed by atoms with Gasteiger partial charge in [-0.3, -0.25) is 0 Å². The van der Waals surface area contributed by atoms with Crippen LogP contribution in [0.15, 0.2) is 16.6 Å². The number of alkyl halides is 1. The second-order valence-corrected chi connectivity index (χ2v) is 4.29. The Morgan fingerprint density at radius 1 is 1.47 bits per heavy atom. The molecule has 108 valence electrons. The van der Waals surface area contributed by atoms with Gasteiger partial charge in [0.15, 0.2) is 0 Å². The summed E-state index contributed by atoms with van der Waals surface area (Å²) in [4.78, 5) is 11.1. The van der Waals surface area contributed by atoms with Crippen LogP contribution in [0.1, 0.15) is 18.5 Å². The van der Waals surface area contributed by atoms with Crippen LogP contribution in [-0.2, 0) is 9.53 Å². The molecule has 3 nitrogen and oxygen atoms in total. The minimum Gasteiger partial charge on any atom is -0.464 e. The van der Waals surface area contributed by atoms with E-state index in [4.69, 9.17) is 5.73 Å². The number of halogens is 5. The highest BCUT2D eigenvalue weighted by molar-refractivity contribution is 9.10. The Bertz CT molecular complexity index is 462. The number of ether oxygens (including phenoxy) is 1. The number of hydrogen-bond acceptors (Lipinski definition) is 3. The van der Waals surface area contributed by atoms with E-state index in [0.29, 0.717) is 0 Å². The molecule has 0 saturated carbocycles. The zero-order chi connectivity index (χ0) is 13.9. The lowest BCUT2D eigenvalue weighted by atomic mass is 10.0. The van der Waals surface area contributed by atoms with E-state index in [1.807, 2.05) is 0 Å². The molecule has 0 heterocycles. The standard InChI is InChI=1S/C11H11BrF3NO2.ClH/c1-2-18-11(17)9(15)10(16)7-6(13)4-3-5(12)8(7)14;/h3-4,9-10H,2,16H2,1H3;1H/t9?,10-;/m1./s1. The molecular weight excluding hydrogens is 350 g/mol. The number of benzene rings is 1. The summed E-state index contributed by atoms with van der Waals surface area (Å²) in [5.74, 6) is -3.30. The van der Waals surface area contributed by atoms with Crippen LogP contribution < -0.4 is 5.73 Å². The van der Waals surface area contributed by atoms with Crippen LogP contribution in [0.3, 0.4) is 0 Å². The molecule has 0 radical (unpaired) electrons. The molecule has 19 heavy (non-hydrogen) atoms. The third-order valence-electron chi connectivity index (χ3n) is 2.24. The molecule has 1 aromatic carbocycles. The quantitative estimate of drug-likeness (QED) is 0.662.